The normalized spacial score (nSPS) is 11.8. The fraction of sp³-hybridized carbons (Fsp3) is 0.286. The van der Waals surface area contributed by atoms with Crippen LogP contribution in [-0.4, -0.2) is 16.0 Å². The predicted octanol–water partition coefficient (Wildman–Crippen LogP) is 1.68. The summed E-state index contributed by atoms with van der Waals surface area (Å²) in [5.74, 6) is 1.65. The first-order valence-electron chi connectivity index (χ1n) is 6.30. The van der Waals surface area contributed by atoms with Crippen molar-refractivity contribution >= 4 is 5.84 Å². The van der Waals surface area contributed by atoms with Crippen molar-refractivity contribution < 1.29 is 9.62 Å². The van der Waals surface area contributed by atoms with Crippen LogP contribution in [0.3, 0.4) is 0 Å². The fourth-order valence-electron chi connectivity index (χ4n) is 1.78. The lowest BCUT2D eigenvalue weighted by atomic mass is 10.1. The van der Waals surface area contributed by atoms with E-state index in [4.69, 9.17) is 15.4 Å². The highest BCUT2D eigenvalue weighted by molar-refractivity contribution is 5.96. The molecule has 106 valence electrons. The first-order chi connectivity index (χ1) is 9.60. The topological polar surface area (TPSA) is 96.7 Å². The molecule has 2 aromatic rings. The SMILES string of the molecule is Cc1nc(CNCc2ccc(/C(N)=N/O)cc2)oc1C. The highest BCUT2D eigenvalue weighted by Crippen LogP contribution is 2.08. The number of nitrogens with one attached hydrogen (secondary N) is 1. The summed E-state index contributed by atoms with van der Waals surface area (Å²) < 4.78 is 5.48. The Balaban J connectivity index is 1.88. The number of nitrogens with zero attached hydrogens (tertiary/aromatic N) is 2. The molecule has 6 nitrogen and oxygen atoms in total. The van der Waals surface area contributed by atoms with Crippen molar-refractivity contribution in [1.82, 2.24) is 10.3 Å². The third kappa shape index (κ3) is 3.36. The quantitative estimate of drug-likeness (QED) is 0.333. The molecular weight excluding hydrogens is 256 g/mol. The zero-order chi connectivity index (χ0) is 14.5. The Labute approximate surface area is 117 Å². The predicted molar refractivity (Wildman–Crippen MR) is 75.5 cm³/mol. The minimum Gasteiger partial charge on any atom is -0.444 e. The number of oxazole rings is 1. The zero-order valence-corrected chi connectivity index (χ0v) is 11.6. The number of rotatable bonds is 5. The maximum absolute atomic E-state index is 8.58. The van der Waals surface area contributed by atoms with Crippen LogP contribution in [0.2, 0.25) is 0 Å². The van der Waals surface area contributed by atoms with Gasteiger partial charge in [-0.3, -0.25) is 0 Å². The summed E-state index contributed by atoms with van der Waals surface area (Å²) in [6.45, 7) is 5.10. The molecule has 1 heterocycles. The molecule has 0 aliphatic carbocycles. The molecule has 0 aliphatic heterocycles. The largest absolute Gasteiger partial charge is 0.444 e. The average molecular weight is 274 g/mol. The summed E-state index contributed by atoms with van der Waals surface area (Å²) in [6, 6.07) is 7.47. The van der Waals surface area contributed by atoms with Gasteiger partial charge in [0.15, 0.2) is 5.84 Å². The Morgan fingerprint density at radius 1 is 1.30 bits per heavy atom. The Morgan fingerprint density at radius 3 is 2.55 bits per heavy atom. The smallest absolute Gasteiger partial charge is 0.208 e. The summed E-state index contributed by atoms with van der Waals surface area (Å²) in [4.78, 5) is 4.30. The number of hydrogen-bond donors (Lipinski definition) is 3. The summed E-state index contributed by atoms with van der Waals surface area (Å²) >= 11 is 0. The van der Waals surface area contributed by atoms with Crippen molar-refractivity contribution in [3.8, 4) is 0 Å². The van der Waals surface area contributed by atoms with Crippen LogP contribution in [0.4, 0.5) is 0 Å². The summed E-state index contributed by atoms with van der Waals surface area (Å²) in [5.41, 5.74) is 8.21. The second kappa shape index (κ2) is 6.21. The molecule has 0 aliphatic rings. The lowest BCUT2D eigenvalue weighted by Crippen LogP contribution is -2.15. The molecule has 1 aromatic heterocycles. The molecule has 2 rings (SSSR count). The van der Waals surface area contributed by atoms with Gasteiger partial charge in [0.1, 0.15) is 5.76 Å². The van der Waals surface area contributed by atoms with Crippen LogP contribution in [0.1, 0.15) is 28.5 Å². The molecule has 0 spiro atoms. The van der Waals surface area contributed by atoms with Crippen LogP contribution >= 0.6 is 0 Å². The van der Waals surface area contributed by atoms with E-state index in [9.17, 15) is 0 Å². The molecule has 0 saturated carbocycles. The lowest BCUT2D eigenvalue weighted by Gasteiger charge is -2.04. The van der Waals surface area contributed by atoms with E-state index in [0.29, 0.717) is 24.5 Å². The number of hydrogen-bond acceptors (Lipinski definition) is 5. The minimum absolute atomic E-state index is 0.107. The maximum Gasteiger partial charge on any atom is 0.208 e. The molecule has 0 atom stereocenters. The summed E-state index contributed by atoms with van der Waals surface area (Å²) in [7, 11) is 0. The van der Waals surface area contributed by atoms with Gasteiger partial charge in [-0.05, 0) is 19.4 Å². The second-order valence-corrected chi connectivity index (χ2v) is 4.53. The lowest BCUT2D eigenvalue weighted by molar-refractivity contribution is 0.318. The molecule has 20 heavy (non-hydrogen) atoms. The van der Waals surface area contributed by atoms with Crippen molar-refractivity contribution in [2.24, 2.45) is 10.9 Å². The number of amidine groups is 1. The Morgan fingerprint density at radius 2 is 2.00 bits per heavy atom. The van der Waals surface area contributed by atoms with Gasteiger partial charge in [0.2, 0.25) is 5.89 Å². The standard InChI is InChI=1S/C14H18N4O2/c1-9-10(2)20-13(17-9)8-16-7-11-3-5-12(6-4-11)14(15)18-19/h3-6,16,19H,7-8H2,1-2H3,(H2,15,18). The molecule has 0 saturated heterocycles. The van der Waals surface area contributed by atoms with Crippen molar-refractivity contribution in [3.05, 3.63) is 52.7 Å². The summed E-state index contributed by atoms with van der Waals surface area (Å²) in [6.07, 6.45) is 0. The molecule has 6 heteroatoms. The van der Waals surface area contributed by atoms with Gasteiger partial charge in [0.25, 0.3) is 0 Å². The number of benzene rings is 1. The van der Waals surface area contributed by atoms with Crippen molar-refractivity contribution in [3.63, 3.8) is 0 Å². The molecule has 0 unspecified atom stereocenters. The molecule has 0 amide bonds. The van der Waals surface area contributed by atoms with E-state index in [1.807, 2.05) is 38.1 Å². The maximum atomic E-state index is 8.58. The van der Waals surface area contributed by atoms with Gasteiger partial charge in [-0.2, -0.15) is 0 Å². The summed E-state index contributed by atoms with van der Waals surface area (Å²) in [5, 5.41) is 14.8. The Bertz CT molecular complexity index is 583. The first-order valence-corrected chi connectivity index (χ1v) is 6.30. The van der Waals surface area contributed by atoms with Gasteiger partial charge >= 0.3 is 0 Å². The molecule has 4 N–H and O–H groups in total. The van der Waals surface area contributed by atoms with Crippen LogP contribution < -0.4 is 11.1 Å². The van der Waals surface area contributed by atoms with Gasteiger partial charge in [-0.1, -0.05) is 29.4 Å². The second-order valence-electron chi connectivity index (χ2n) is 4.53. The molecule has 1 aromatic carbocycles. The van der Waals surface area contributed by atoms with E-state index in [1.165, 1.54) is 0 Å². The van der Waals surface area contributed by atoms with E-state index >= 15 is 0 Å². The fourth-order valence-corrected chi connectivity index (χ4v) is 1.78. The Hall–Kier alpha value is -2.34. The van der Waals surface area contributed by atoms with Crippen LogP contribution in [0.25, 0.3) is 0 Å². The highest BCUT2D eigenvalue weighted by Gasteiger charge is 2.05. The number of aryl methyl sites for hydroxylation is 2. The van der Waals surface area contributed by atoms with Crippen molar-refractivity contribution in [2.45, 2.75) is 26.9 Å². The van der Waals surface area contributed by atoms with E-state index in [2.05, 4.69) is 15.5 Å². The third-order valence-corrected chi connectivity index (χ3v) is 3.04. The van der Waals surface area contributed by atoms with Gasteiger partial charge in [0, 0.05) is 12.1 Å². The molecular formula is C14H18N4O2. The molecule has 0 radical (unpaired) electrons. The van der Waals surface area contributed by atoms with Crippen molar-refractivity contribution in [2.75, 3.05) is 0 Å². The van der Waals surface area contributed by atoms with E-state index in [1.54, 1.807) is 0 Å². The number of aromatic nitrogens is 1. The molecule has 0 fully saturated rings. The first kappa shape index (κ1) is 14.1. The number of nitrogens with two attached hydrogens (primary N) is 1. The zero-order valence-electron chi connectivity index (χ0n) is 11.6. The van der Waals surface area contributed by atoms with Gasteiger partial charge in [0.05, 0.1) is 12.2 Å². The van der Waals surface area contributed by atoms with Gasteiger partial charge < -0.3 is 20.7 Å². The number of oxime groups is 1. The molecule has 0 bridgehead atoms. The van der Waals surface area contributed by atoms with Crippen LogP contribution in [0.15, 0.2) is 33.8 Å². The average Bonchev–Trinajstić information content (AvgIpc) is 2.77. The monoisotopic (exact) mass is 274 g/mol. The van der Waals surface area contributed by atoms with E-state index in [-0.39, 0.29) is 5.84 Å². The third-order valence-electron chi connectivity index (χ3n) is 3.04. The van der Waals surface area contributed by atoms with Crippen molar-refractivity contribution in [1.29, 1.82) is 0 Å². The van der Waals surface area contributed by atoms with Gasteiger partial charge in [-0.15, -0.1) is 0 Å². The van der Waals surface area contributed by atoms with E-state index < -0.39 is 0 Å². The minimum atomic E-state index is 0.107. The van der Waals surface area contributed by atoms with Gasteiger partial charge in [-0.25, -0.2) is 4.98 Å². The van der Waals surface area contributed by atoms with Crippen LogP contribution in [0, 0.1) is 13.8 Å². The van der Waals surface area contributed by atoms with Crippen LogP contribution in [-0.2, 0) is 13.1 Å². The van der Waals surface area contributed by atoms with Crippen LogP contribution in [0.5, 0.6) is 0 Å². The Kier molecular flexibility index (Phi) is 4.37. The van der Waals surface area contributed by atoms with E-state index in [0.717, 1.165) is 17.0 Å². The highest BCUT2D eigenvalue weighted by atomic mass is 16.4.